The molecule has 1 N–H and O–H groups in total. The van der Waals surface area contributed by atoms with Gasteiger partial charge in [-0.15, -0.1) is 12.4 Å². The van der Waals surface area contributed by atoms with Crippen LogP contribution in [-0.4, -0.2) is 20.6 Å². The van der Waals surface area contributed by atoms with Gasteiger partial charge in [0.1, 0.15) is 0 Å². The van der Waals surface area contributed by atoms with Gasteiger partial charge in [-0.05, 0) is 18.8 Å². The van der Waals surface area contributed by atoms with E-state index in [0.717, 1.165) is 25.1 Å². The number of rotatable bonds is 2. The molecule has 1 aliphatic heterocycles. The Bertz CT molecular complexity index is 324. The molecule has 0 saturated carbocycles. The van der Waals surface area contributed by atoms with Gasteiger partial charge in [0.15, 0.2) is 0 Å². The molecular weight excluding hydrogens is 204 g/mol. The van der Waals surface area contributed by atoms with E-state index in [1.54, 1.807) is 0 Å². The van der Waals surface area contributed by atoms with Gasteiger partial charge in [-0.1, -0.05) is 0 Å². The Morgan fingerprint density at radius 2 is 2.50 bits per heavy atom. The van der Waals surface area contributed by atoms with Gasteiger partial charge in [0, 0.05) is 24.9 Å². The predicted molar refractivity (Wildman–Crippen MR) is 53.5 cm³/mol. The number of carboxylic acid groups (broad SMARTS) is 1. The van der Waals surface area contributed by atoms with Gasteiger partial charge in [0.25, 0.3) is 0 Å². The van der Waals surface area contributed by atoms with Crippen LogP contribution < -0.4 is 0 Å². The molecule has 0 saturated heterocycles. The molecule has 0 aromatic carbocycles. The van der Waals surface area contributed by atoms with Crippen molar-refractivity contribution in [3.05, 3.63) is 18.2 Å². The molecule has 0 bridgehead atoms. The standard InChI is InChI=1S/C9H12N2O2.ClH/c12-9(13)4-7-1-2-11-6-10-5-8(11)3-7;/h5-7H,1-4H2,(H,12,13);1H. The summed E-state index contributed by atoms with van der Waals surface area (Å²) in [4.78, 5) is 14.5. The minimum absolute atomic E-state index is 0. The largest absolute Gasteiger partial charge is 0.481 e. The van der Waals surface area contributed by atoms with E-state index in [0.29, 0.717) is 5.92 Å². The minimum atomic E-state index is -0.696. The highest BCUT2D eigenvalue weighted by atomic mass is 35.5. The highest BCUT2D eigenvalue weighted by Crippen LogP contribution is 2.22. The SMILES string of the molecule is Cl.O=C(O)CC1CCn2cncc2C1. The molecule has 0 fully saturated rings. The third-order valence-electron chi connectivity index (χ3n) is 2.54. The van der Waals surface area contributed by atoms with Gasteiger partial charge in [0.05, 0.1) is 6.33 Å². The van der Waals surface area contributed by atoms with E-state index in [-0.39, 0.29) is 18.8 Å². The summed E-state index contributed by atoms with van der Waals surface area (Å²) in [5.74, 6) is -0.403. The summed E-state index contributed by atoms with van der Waals surface area (Å²) in [6.07, 6.45) is 5.73. The van der Waals surface area contributed by atoms with E-state index in [1.807, 2.05) is 12.5 Å². The number of aromatic nitrogens is 2. The summed E-state index contributed by atoms with van der Waals surface area (Å²) < 4.78 is 2.10. The average Bonchev–Trinajstić information content (AvgIpc) is 2.49. The number of imidazole rings is 1. The number of halogens is 1. The molecule has 0 amide bonds. The van der Waals surface area contributed by atoms with Crippen molar-refractivity contribution in [1.82, 2.24) is 9.55 Å². The maximum Gasteiger partial charge on any atom is 0.303 e. The summed E-state index contributed by atoms with van der Waals surface area (Å²) in [5, 5.41) is 8.64. The molecule has 1 aromatic heterocycles. The molecule has 5 heteroatoms. The number of hydrogen-bond acceptors (Lipinski definition) is 2. The van der Waals surface area contributed by atoms with Crippen LogP contribution in [-0.2, 0) is 17.8 Å². The quantitative estimate of drug-likeness (QED) is 0.812. The average molecular weight is 217 g/mol. The van der Waals surface area contributed by atoms with Gasteiger partial charge in [-0.2, -0.15) is 0 Å². The number of nitrogens with zero attached hydrogens (tertiary/aromatic N) is 2. The van der Waals surface area contributed by atoms with Crippen LogP contribution in [0.5, 0.6) is 0 Å². The van der Waals surface area contributed by atoms with Crippen molar-refractivity contribution in [1.29, 1.82) is 0 Å². The van der Waals surface area contributed by atoms with Gasteiger partial charge >= 0.3 is 5.97 Å². The Kier molecular flexibility index (Phi) is 3.52. The smallest absolute Gasteiger partial charge is 0.303 e. The summed E-state index contributed by atoms with van der Waals surface area (Å²) in [6.45, 7) is 0.910. The van der Waals surface area contributed by atoms with Gasteiger partial charge in [-0.25, -0.2) is 4.98 Å². The topological polar surface area (TPSA) is 55.1 Å². The predicted octanol–water partition coefficient (Wildman–Crippen LogP) is 1.34. The monoisotopic (exact) mass is 216 g/mol. The molecule has 2 heterocycles. The minimum Gasteiger partial charge on any atom is -0.481 e. The molecule has 0 radical (unpaired) electrons. The molecule has 0 spiro atoms. The molecule has 2 rings (SSSR count). The second-order valence-electron chi connectivity index (χ2n) is 3.54. The molecule has 0 aliphatic carbocycles. The van der Waals surface area contributed by atoms with E-state index in [9.17, 15) is 4.79 Å². The molecule has 14 heavy (non-hydrogen) atoms. The van der Waals surface area contributed by atoms with Crippen molar-refractivity contribution in [2.75, 3.05) is 0 Å². The van der Waals surface area contributed by atoms with Crippen molar-refractivity contribution in [3.8, 4) is 0 Å². The van der Waals surface area contributed by atoms with E-state index in [4.69, 9.17) is 5.11 Å². The first kappa shape index (κ1) is 11.0. The van der Waals surface area contributed by atoms with E-state index < -0.39 is 5.97 Å². The zero-order valence-electron chi connectivity index (χ0n) is 7.72. The Morgan fingerprint density at radius 3 is 3.21 bits per heavy atom. The van der Waals surface area contributed by atoms with Crippen LogP contribution in [0.1, 0.15) is 18.5 Å². The maximum absolute atomic E-state index is 10.5. The summed E-state index contributed by atoms with van der Waals surface area (Å²) in [6, 6.07) is 0. The van der Waals surface area contributed by atoms with Crippen LogP contribution in [0.25, 0.3) is 0 Å². The number of carbonyl (C=O) groups is 1. The summed E-state index contributed by atoms with van der Waals surface area (Å²) in [7, 11) is 0. The maximum atomic E-state index is 10.5. The van der Waals surface area contributed by atoms with Crippen LogP contribution in [0.4, 0.5) is 0 Å². The highest BCUT2D eigenvalue weighted by Gasteiger charge is 2.20. The zero-order chi connectivity index (χ0) is 9.26. The lowest BCUT2D eigenvalue weighted by Gasteiger charge is -2.21. The van der Waals surface area contributed by atoms with Crippen molar-refractivity contribution in [2.24, 2.45) is 5.92 Å². The number of fused-ring (bicyclic) bond motifs is 1. The van der Waals surface area contributed by atoms with Crippen LogP contribution in [0.2, 0.25) is 0 Å². The molecule has 1 unspecified atom stereocenters. The fourth-order valence-corrected chi connectivity index (χ4v) is 1.86. The first-order chi connectivity index (χ1) is 6.25. The lowest BCUT2D eigenvalue weighted by atomic mass is 9.93. The Labute approximate surface area is 88.4 Å². The van der Waals surface area contributed by atoms with E-state index in [1.165, 1.54) is 0 Å². The third kappa shape index (κ3) is 2.26. The molecule has 1 aromatic rings. The van der Waals surface area contributed by atoms with Gasteiger partial charge in [-0.3, -0.25) is 4.79 Å². The van der Waals surface area contributed by atoms with Crippen molar-refractivity contribution in [2.45, 2.75) is 25.8 Å². The van der Waals surface area contributed by atoms with Gasteiger partial charge < -0.3 is 9.67 Å². The zero-order valence-corrected chi connectivity index (χ0v) is 8.54. The molecule has 1 aliphatic rings. The fourth-order valence-electron chi connectivity index (χ4n) is 1.86. The molecular formula is C9H13ClN2O2. The van der Waals surface area contributed by atoms with Crippen LogP contribution in [0, 0.1) is 5.92 Å². The van der Waals surface area contributed by atoms with Crippen LogP contribution in [0.15, 0.2) is 12.5 Å². The van der Waals surface area contributed by atoms with Crippen molar-refractivity contribution < 1.29 is 9.90 Å². The Morgan fingerprint density at radius 1 is 1.71 bits per heavy atom. The van der Waals surface area contributed by atoms with Crippen molar-refractivity contribution >= 4 is 18.4 Å². The number of carboxylic acids is 1. The normalized spacial score (nSPS) is 19.6. The summed E-state index contributed by atoms with van der Waals surface area (Å²) >= 11 is 0. The first-order valence-electron chi connectivity index (χ1n) is 4.46. The lowest BCUT2D eigenvalue weighted by molar-refractivity contribution is -0.138. The number of aliphatic carboxylic acids is 1. The van der Waals surface area contributed by atoms with Crippen molar-refractivity contribution in [3.63, 3.8) is 0 Å². The summed E-state index contributed by atoms with van der Waals surface area (Å²) in [5.41, 5.74) is 1.16. The second-order valence-corrected chi connectivity index (χ2v) is 3.54. The third-order valence-corrected chi connectivity index (χ3v) is 2.54. The fraction of sp³-hybridized carbons (Fsp3) is 0.556. The Hall–Kier alpha value is -1.03. The second kappa shape index (κ2) is 4.46. The first-order valence-corrected chi connectivity index (χ1v) is 4.46. The van der Waals surface area contributed by atoms with Gasteiger partial charge in [0.2, 0.25) is 0 Å². The molecule has 1 atom stereocenters. The van der Waals surface area contributed by atoms with E-state index >= 15 is 0 Å². The van der Waals surface area contributed by atoms with Crippen LogP contribution >= 0.6 is 12.4 Å². The Balaban J connectivity index is 0.000000980. The highest BCUT2D eigenvalue weighted by molar-refractivity contribution is 5.85. The molecule has 4 nitrogen and oxygen atoms in total. The lowest BCUT2D eigenvalue weighted by Crippen LogP contribution is -2.20. The van der Waals surface area contributed by atoms with Crippen LogP contribution in [0.3, 0.4) is 0 Å². The molecule has 78 valence electrons. The van der Waals surface area contributed by atoms with E-state index in [2.05, 4.69) is 9.55 Å². The number of hydrogen-bond donors (Lipinski definition) is 1. The number of aryl methyl sites for hydroxylation is 1.